The van der Waals surface area contributed by atoms with E-state index in [9.17, 15) is 32.7 Å². The average molecular weight is 488 g/mol. The van der Waals surface area contributed by atoms with Gasteiger partial charge in [-0.2, -0.15) is 13.2 Å². The summed E-state index contributed by atoms with van der Waals surface area (Å²) in [5.74, 6) is -2.92. The van der Waals surface area contributed by atoms with Crippen LogP contribution in [0.4, 0.5) is 18.0 Å². The highest BCUT2D eigenvalue weighted by atomic mass is 19.4. The molecule has 4 atom stereocenters. The number of nitrogens with one attached hydrogen (secondary N) is 2. The average Bonchev–Trinajstić information content (AvgIpc) is 3.24. The molecule has 1 unspecified atom stereocenters. The molecule has 0 saturated heterocycles. The van der Waals surface area contributed by atoms with Crippen LogP contribution in [-0.2, 0) is 14.3 Å². The van der Waals surface area contributed by atoms with Crippen LogP contribution in [0, 0.1) is 11.3 Å². The maximum absolute atomic E-state index is 13.6. The second-order valence-electron chi connectivity index (χ2n) is 9.45. The molecule has 2 aromatic carbocycles. The number of amides is 2. The lowest BCUT2D eigenvalue weighted by Gasteiger charge is -2.24. The van der Waals surface area contributed by atoms with Crippen molar-refractivity contribution in [3.63, 3.8) is 0 Å². The number of fused-ring (bicyclic) bond motifs is 4. The van der Waals surface area contributed by atoms with Crippen LogP contribution in [0.25, 0.3) is 11.1 Å². The summed E-state index contributed by atoms with van der Waals surface area (Å²) in [6, 6.07) is 11.6. The summed E-state index contributed by atoms with van der Waals surface area (Å²) >= 11 is 0. The normalized spacial score (nSPS) is 25.1. The number of carboxylic acid groups (broad SMARTS) is 1. The van der Waals surface area contributed by atoms with E-state index in [0.717, 1.165) is 22.3 Å². The third kappa shape index (κ3) is 4.11. The predicted molar refractivity (Wildman–Crippen MR) is 117 cm³/mol. The highest BCUT2D eigenvalue weighted by Gasteiger charge is 2.65. The van der Waals surface area contributed by atoms with Crippen molar-refractivity contribution >= 4 is 18.0 Å². The second kappa shape index (κ2) is 8.28. The first-order chi connectivity index (χ1) is 16.6. The van der Waals surface area contributed by atoms with Gasteiger partial charge in [0.05, 0.1) is 5.41 Å². The third-order valence-corrected chi connectivity index (χ3v) is 7.38. The number of aliphatic carboxylic acids is 1. The largest absolute Gasteiger partial charge is 0.481 e. The Labute approximate surface area is 198 Å². The molecule has 0 aliphatic heterocycles. The van der Waals surface area contributed by atoms with E-state index in [1.807, 2.05) is 48.5 Å². The molecule has 0 bridgehead atoms. The maximum Gasteiger partial charge on any atom is 0.417 e. The van der Waals surface area contributed by atoms with E-state index in [1.165, 1.54) is 0 Å². The highest BCUT2D eigenvalue weighted by Crippen LogP contribution is 2.63. The lowest BCUT2D eigenvalue weighted by molar-refractivity contribution is -0.168. The van der Waals surface area contributed by atoms with Crippen LogP contribution >= 0.6 is 0 Å². The van der Waals surface area contributed by atoms with Gasteiger partial charge in [-0.25, -0.2) is 4.79 Å². The smallest absolute Gasteiger partial charge is 0.417 e. The Hall–Kier alpha value is -3.56. The summed E-state index contributed by atoms with van der Waals surface area (Å²) in [7, 11) is 0. The molecular weight excluding hydrogens is 465 g/mol. The van der Waals surface area contributed by atoms with Crippen molar-refractivity contribution in [1.82, 2.24) is 10.6 Å². The molecule has 0 heterocycles. The molecule has 3 aliphatic carbocycles. The number of alkyl carbamates (subject to hydrolysis) is 1. The lowest BCUT2D eigenvalue weighted by atomic mass is 9.98. The number of carboxylic acids is 1. The first-order valence-electron chi connectivity index (χ1n) is 11.3. The van der Waals surface area contributed by atoms with E-state index in [1.54, 1.807) is 5.32 Å². The van der Waals surface area contributed by atoms with Crippen LogP contribution in [-0.4, -0.2) is 47.9 Å². The molecule has 5 rings (SSSR count). The molecule has 0 aromatic heterocycles. The van der Waals surface area contributed by atoms with Gasteiger partial charge in [-0.15, -0.1) is 0 Å². The van der Waals surface area contributed by atoms with Gasteiger partial charge in [-0.3, -0.25) is 9.59 Å². The van der Waals surface area contributed by atoms with Crippen molar-refractivity contribution in [2.45, 2.75) is 43.4 Å². The number of alkyl halides is 3. The number of ether oxygens (including phenoxy) is 1. The van der Waals surface area contributed by atoms with E-state index >= 15 is 0 Å². The number of benzene rings is 2. The van der Waals surface area contributed by atoms with Crippen LogP contribution in [0.1, 0.15) is 36.3 Å². The Morgan fingerprint density at radius 1 is 1.03 bits per heavy atom. The molecule has 7 nitrogen and oxygen atoms in total. The van der Waals surface area contributed by atoms with Gasteiger partial charge in [0.15, 0.2) is 0 Å². The summed E-state index contributed by atoms with van der Waals surface area (Å²) in [6.07, 6.45) is -5.57. The van der Waals surface area contributed by atoms with Crippen molar-refractivity contribution in [3.8, 4) is 11.1 Å². The SMILES string of the molecule is O=C(NC(C(=O)N[C@@H]1C[C@H]2C[C@@]2(C(=O)O)C1)C(F)(F)F)OCC1c2ccccc2-c2ccccc21. The van der Waals surface area contributed by atoms with Gasteiger partial charge >= 0.3 is 18.2 Å². The van der Waals surface area contributed by atoms with Gasteiger partial charge in [0.25, 0.3) is 5.91 Å². The highest BCUT2D eigenvalue weighted by molar-refractivity contribution is 5.87. The molecule has 3 aliphatic rings. The summed E-state index contributed by atoms with van der Waals surface area (Å²) in [5.41, 5.74) is 2.79. The Kier molecular flexibility index (Phi) is 5.49. The zero-order chi connectivity index (χ0) is 25.0. The Morgan fingerprint density at radius 3 is 2.17 bits per heavy atom. The fraction of sp³-hybridized carbons (Fsp3) is 0.400. The molecule has 10 heteroatoms. The van der Waals surface area contributed by atoms with E-state index in [4.69, 9.17) is 4.74 Å². The number of carbonyl (C=O) groups excluding carboxylic acids is 2. The van der Waals surface area contributed by atoms with E-state index in [-0.39, 0.29) is 24.9 Å². The van der Waals surface area contributed by atoms with Crippen molar-refractivity contribution in [1.29, 1.82) is 0 Å². The lowest BCUT2D eigenvalue weighted by Crippen LogP contribution is -2.56. The van der Waals surface area contributed by atoms with E-state index < -0.39 is 41.6 Å². The molecule has 2 aromatic rings. The second-order valence-corrected chi connectivity index (χ2v) is 9.45. The van der Waals surface area contributed by atoms with Crippen LogP contribution in [0.5, 0.6) is 0 Å². The standard InChI is InChI=1S/C25H23F3N2O5/c26-25(27,28)20(21(31)29-14-9-13-10-24(13,11-14)22(32)33)30-23(34)35-12-19-17-7-3-1-5-15(17)16-6-2-4-8-18(16)19/h1-8,13-14,19-20H,9-12H2,(H,29,31)(H,30,34)(H,32,33)/t13-,14+,20?,24+/m0/s1. The zero-order valence-electron chi connectivity index (χ0n) is 18.5. The van der Waals surface area contributed by atoms with Gasteiger partial charge in [0.2, 0.25) is 6.04 Å². The summed E-state index contributed by atoms with van der Waals surface area (Å²) in [6.45, 7) is -0.197. The fourth-order valence-corrected chi connectivity index (χ4v) is 5.60. The van der Waals surface area contributed by atoms with Crippen LogP contribution in [0.3, 0.4) is 0 Å². The molecule has 184 valence electrons. The first kappa shape index (κ1) is 23.2. The topological polar surface area (TPSA) is 105 Å². The molecule has 0 spiro atoms. The number of rotatable bonds is 6. The monoisotopic (exact) mass is 488 g/mol. The van der Waals surface area contributed by atoms with Crippen LogP contribution in [0.2, 0.25) is 0 Å². The quantitative estimate of drug-likeness (QED) is 0.574. The summed E-state index contributed by atoms with van der Waals surface area (Å²) < 4.78 is 46.0. The summed E-state index contributed by atoms with van der Waals surface area (Å²) in [4.78, 5) is 36.2. The molecule has 2 fully saturated rings. The van der Waals surface area contributed by atoms with E-state index in [0.29, 0.717) is 12.8 Å². The first-order valence-corrected chi connectivity index (χ1v) is 11.3. The zero-order valence-corrected chi connectivity index (χ0v) is 18.5. The molecular formula is C25H23F3N2O5. The number of hydrogen-bond donors (Lipinski definition) is 3. The number of hydrogen-bond acceptors (Lipinski definition) is 4. The minimum atomic E-state index is -5.05. The van der Waals surface area contributed by atoms with Gasteiger partial charge in [-0.1, -0.05) is 48.5 Å². The number of halogens is 3. The fourth-order valence-electron chi connectivity index (χ4n) is 5.60. The minimum Gasteiger partial charge on any atom is -0.481 e. The molecule has 35 heavy (non-hydrogen) atoms. The Morgan fingerprint density at radius 2 is 1.63 bits per heavy atom. The van der Waals surface area contributed by atoms with Crippen molar-refractivity contribution in [3.05, 3.63) is 59.7 Å². The van der Waals surface area contributed by atoms with E-state index in [2.05, 4.69) is 5.32 Å². The molecule has 3 N–H and O–H groups in total. The van der Waals surface area contributed by atoms with Crippen molar-refractivity contribution < 1.29 is 37.4 Å². The van der Waals surface area contributed by atoms with Crippen LogP contribution in [0.15, 0.2) is 48.5 Å². The van der Waals surface area contributed by atoms with Gasteiger partial charge in [0.1, 0.15) is 6.61 Å². The summed E-state index contributed by atoms with van der Waals surface area (Å²) in [5, 5.41) is 13.2. The van der Waals surface area contributed by atoms with Gasteiger partial charge < -0.3 is 20.5 Å². The number of carbonyl (C=O) groups is 3. The van der Waals surface area contributed by atoms with Crippen molar-refractivity contribution in [2.24, 2.45) is 11.3 Å². The maximum atomic E-state index is 13.6. The Bertz CT molecular complexity index is 1150. The minimum absolute atomic E-state index is 0.0776. The van der Waals surface area contributed by atoms with Gasteiger partial charge in [-0.05, 0) is 47.4 Å². The third-order valence-electron chi connectivity index (χ3n) is 7.38. The van der Waals surface area contributed by atoms with Gasteiger partial charge in [0, 0.05) is 12.0 Å². The molecule has 2 saturated carbocycles. The molecule has 0 radical (unpaired) electrons. The Balaban J connectivity index is 1.22. The molecule has 2 amide bonds. The predicted octanol–water partition coefficient (Wildman–Crippen LogP) is 3.83. The van der Waals surface area contributed by atoms with Crippen LogP contribution < -0.4 is 10.6 Å². The van der Waals surface area contributed by atoms with Crippen molar-refractivity contribution in [2.75, 3.05) is 6.61 Å².